The van der Waals surface area contributed by atoms with Gasteiger partial charge in [0.2, 0.25) is 0 Å². The molecule has 1 aliphatic rings. The summed E-state index contributed by atoms with van der Waals surface area (Å²) in [6.07, 6.45) is 1.07. The summed E-state index contributed by atoms with van der Waals surface area (Å²) in [7, 11) is 0. The molecule has 2 rings (SSSR count). The summed E-state index contributed by atoms with van der Waals surface area (Å²) >= 11 is 0. The SMILES string of the molecule is CCC(O)(CC)CN1NNc2cc(C)c(F)c(F)c21. The molecule has 19 heavy (non-hydrogen) atoms. The molecule has 0 unspecified atom stereocenters. The summed E-state index contributed by atoms with van der Waals surface area (Å²) in [4.78, 5) is 0. The topological polar surface area (TPSA) is 47.5 Å². The number of nitrogens with zero attached hydrogens (tertiary/aromatic N) is 1. The molecule has 4 nitrogen and oxygen atoms in total. The Morgan fingerprint density at radius 2 is 1.89 bits per heavy atom. The molecule has 1 aromatic rings. The van der Waals surface area contributed by atoms with Crippen molar-refractivity contribution in [3.8, 4) is 0 Å². The monoisotopic (exact) mass is 271 g/mol. The lowest BCUT2D eigenvalue weighted by Crippen LogP contribution is -2.48. The first-order valence-corrected chi connectivity index (χ1v) is 6.42. The van der Waals surface area contributed by atoms with Gasteiger partial charge in [0.05, 0.1) is 17.8 Å². The standard InChI is InChI=1S/C13H19F2N3O/c1-4-13(19,5-2)7-18-12-9(16-17-18)6-8(3)10(14)11(12)15/h6,16-17,19H,4-5,7H2,1-3H3. The molecule has 3 N–H and O–H groups in total. The zero-order valence-corrected chi connectivity index (χ0v) is 11.3. The van der Waals surface area contributed by atoms with Gasteiger partial charge < -0.3 is 10.5 Å². The number of aryl methyl sites for hydroxylation is 1. The van der Waals surface area contributed by atoms with Crippen LogP contribution in [-0.4, -0.2) is 17.3 Å². The van der Waals surface area contributed by atoms with Crippen LogP contribution in [0.5, 0.6) is 0 Å². The molecule has 1 aliphatic heterocycles. The average molecular weight is 271 g/mol. The largest absolute Gasteiger partial charge is 0.388 e. The van der Waals surface area contributed by atoms with E-state index in [1.54, 1.807) is 0 Å². The Bertz CT molecular complexity index is 489. The summed E-state index contributed by atoms with van der Waals surface area (Å²) < 4.78 is 27.7. The van der Waals surface area contributed by atoms with Crippen LogP contribution in [0.1, 0.15) is 32.3 Å². The molecule has 0 amide bonds. The molecule has 0 spiro atoms. The number of hydrazine groups is 2. The summed E-state index contributed by atoms with van der Waals surface area (Å²) in [5, 5.41) is 11.7. The minimum absolute atomic E-state index is 0.114. The quantitative estimate of drug-likeness (QED) is 0.787. The first-order chi connectivity index (χ1) is 8.91. The number of halogens is 2. The van der Waals surface area contributed by atoms with Gasteiger partial charge in [-0.2, -0.15) is 0 Å². The first-order valence-electron chi connectivity index (χ1n) is 6.42. The minimum Gasteiger partial charge on any atom is -0.388 e. The van der Waals surface area contributed by atoms with Gasteiger partial charge in [-0.1, -0.05) is 13.8 Å². The lowest BCUT2D eigenvalue weighted by molar-refractivity contribution is 0.0378. The Morgan fingerprint density at radius 3 is 2.47 bits per heavy atom. The number of hydrogen-bond donors (Lipinski definition) is 3. The number of rotatable bonds is 4. The molecule has 0 bridgehead atoms. The zero-order valence-electron chi connectivity index (χ0n) is 11.3. The number of aliphatic hydroxyl groups is 1. The molecular weight excluding hydrogens is 252 g/mol. The van der Waals surface area contributed by atoms with Gasteiger partial charge in [-0.25, -0.2) is 8.78 Å². The lowest BCUT2D eigenvalue weighted by atomic mass is 9.97. The van der Waals surface area contributed by atoms with Crippen molar-refractivity contribution in [2.45, 2.75) is 39.2 Å². The Balaban J connectivity index is 2.34. The van der Waals surface area contributed by atoms with Crippen LogP contribution >= 0.6 is 0 Å². The Morgan fingerprint density at radius 1 is 1.26 bits per heavy atom. The third kappa shape index (κ3) is 2.37. The normalized spacial score (nSPS) is 14.5. The highest BCUT2D eigenvalue weighted by molar-refractivity contribution is 5.74. The van der Waals surface area contributed by atoms with Gasteiger partial charge in [-0.15, -0.1) is 5.53 Å². The van der Waals surface area contributed by atoms with E-state index in [-0.39, 0.29) is 17.8 Å². The van der Waals surface area contributed by atoms with Crippen molar-refractivity contribution < 1.29 is 13.9 Å². The molecule has 1 heterocycles. The van der Waals surface area contributed by atoms with Crippen molar-refractivity contribution in [2.75, 3.05) is 17.0 Å². The number of nitrogens with one attached hydrogen (secondary N) is 2. The second-order valence-corrected chi connectivity index (χ2v) is 4.97. The van der Waals surface area contributed by atoms with E-state index in [4.69, 9.17) is 0 Å². The molecule has 0 radical (unpaired) electrons. The van der Waals surface area contributed by atoms with Gasteiger partial charge in [-0.05, 0) is 31.4 Å². The van der Waals surface area contributed by atoms with Gasteiger partial charge in [0.15, 0.2) is 11.6 Å². The van der Waals surface area contributed by atoms with Crippen LogP contribution in [0.15, 0.2) is 6.07 Å². The lowest BCUT2D eigenvalue weighted by Gasteiger charge is -2.31. The highest BCUT2D eigenvalue weighted by atomic mass is 19.2. The van der Waals surface area contributed by atoms with Crippen LogP contribution in [0, 0.1) is 18.6 Å². The van der Waals surface area contributed by atoms with Crippen molar-refractivity contribution >= 4 is 11.4 Å². The number of hydrogen-bond acceptors (Lipinski definition) is 4. The fourth-order valence-corrected chi connectivity index (χ4v) is 2.17. The van der Waals surface area contributed by atoms with E-state index < -0.39 is 17.2 Å². The van der Waals surface area contributed by atoms with Crippen molar-refractivity contribution in [3.05, 3.63) is 23.3 Å². The van der Waals surface area contributed by atoms with E-state index in [1.807, 2.05) is 13.8 Å². The van der Waals surface area contributed by atoms with Crippen molar-refractivity contribution in [1.82, 2.24) is 5.53 Å². The van der Waals surface area contributed by atoms with Gasteiger partial charge in [-0.3, -0.25) is 5.01 Å². The van der Waals surface area contributed by atoms with Crippen LogP contribution in [-0.2, 0) is 0 Å². The Labute approximate surface area is 111 Å². The molecule has 0 fully saturated rings. The number of anilines is 2. The van der Waals surface area contributed by atoms with Gasteiger partial charge in [0.1, 0.15) is 5.69 Å². The number of fused-ring (bicyclic) bond motifs is 1. The molecule has 1 aromatic carbocycles. The van der Waals surface area contributed by atoms with Crippen LogP contribution in [0.4, 0.5) is 20.2 Å². The number of β-amino-alcohol motifs (C(OH)–C–C–N with tert-alkyl or cyclic N) is 1. The third-order valence-electron chi connectivity index (χ3n) is 3.73. The van der Waals surface area contributed by atoms with Crippen LogP contribution in [0.3, 0.4) is 0 Å². The molecular formula is C13H19F2N3O. The van der Waals surface area contributed by atoms with E-state index in [9.17, 15) is 13.9 Å². The molecule has 106 valence electrons. The van der Waals surface area contributed by atoms with Crippen LogP contribution < -0.4 is 16.0 Å². The first kappa shape index (κ1) is 14.0. The summed E-state index contributed by atoms with van der Waals surface area (Å²) in [5.74, 6) is -1.76. The maximum absolute atomic E-state index is 14.0. The summed E-state index contributed by atoms with van der Waals surface area (Å²) in [6, 6.07) is 1.54. The molecule has 6 heteroatoms. The second kappa shape index (κ2) is 4.94. The highest BCUT2D eigenvalue weighted by Gasteiger charge is 2.32. The smallest absolute Gasteiger partial charge is 0.185 e. The Hall–Kier alpha value is -1.40. The minimum atomic E-state index is -0.940. The average Bonchev–Trinajstić information content (AvgIpc) is 2.78. The molecule has 0 aliphatic carbocycles. The molecule has 0 atom stereocenters. The van der Waals surface area contributed by atoms with Crippen LogP contribution in [0.2, 0.25) is 0 Å². The van der Waals surface area contributed by atoms with Crippen LogP contribution in [0.25, 0.3) is 0 Å². The molecule has 0 saturated heterocycles. The Kier molecular flexibility index (Phi) is 3.64. The zero-order chi connectivity index (χ0) is 14.2. The predicted octanol–water partition coefficient (Wildman–Crippen LogP) is 2.48. The van der Waals surface area contributed by atoms with E-state index in [0.717, 1.165) is 0 Å². The van der Waals surface area contributed by atoms with E-state index >= 15 is 0 Å². The van der Waals surface area contributed by atoms with Crippen molar-refractivity contribution in [1.29, 1.82) is 0 Å². The van der Waals surface area contributed by atoms with Gasteiger partial charge in [0.25, 0.3) is 0 Å². The maximum Gasteiger partial charge on any atom is 0.185 e. The fraction of sp³-hybridized carbons (Fsp3) is 0.538. The van der Waals surface area contributed by atoms with Gasteiger partial charge in [0, 0.05) is 0 Å². The van der Waals surface area contributed by atoms with E-state index in [1.165, 1.54) is 18.0 Å². The van der Waals surface area contributed by atoms with Crippen molar-refractivity contribution in [3.63, 3.8) is 0 Å². The number of benzene rings is 1. The predicted molar refractivity (Wildman–Crippen MR) is 70.7 cm³/mol. The van der Waals surface area contributed by atoms with E-state index in [0.29, 0.717) is 18.5 Å². The summed E-state index contributed by atoms with van der Waals surface area (Å²) in [5.41, 5.74) is 5.44. The highest BCUT2D eigenvalue weighted by Crippen LogP contribution is 2.36. The van der Waals surface area contributed by atoms with E-state index in [2.05, 4.69) is 11.0 Å². The molecule has 0 aromatic heterocycles. The van der Waals surface area contributed by atoms with Crippen molar-refractivity contribution in [2.24, 2.45) is 0 Å². The summed E-state index contributed by atoms with van der Waals surface area (Å²) in [6.45, 7) is 5.41. The third-order valence-corrected chi connectivity index (χ3v) is 3.73. The second-order valence-electron chi connectivity index (χ2n) is 4.97. The van der Waals surface area contributed by atoms with Gasteiger partial charge >= 0.3 is 0 Å². The fourth-order valence-electron chi connectivity index (χ4n) is 2.17. The molecule has 0 saturated carbocycles. The maximum atomic E-state index is 14.0.